The Balaban J connectivity index is 1.30. The van der Waals surface area contributed by atoms with Crippen LogP contribution in [0.15, 0.2) is 61.1 Å². The van der Waals surface area contributed by atoms with Crippen molar-refractivity contribution in [1.82, 2.24) is 24.8 Å². The molecule has 3 heterocycles. The smallest absolute Gasteiger partial charge is 0.233 e. The molecule has 1 aromatic carbocycles. The molecule has 4 rings (SSSR count). The molecule has 0 aliphatic carbocycles. The second kappa shape index (κ2) is 10.0. The third-order valence-corrected chi connectivity index (χ3v) is 5.75. The number of nitrogens with zero attached hydrogens (tertiary/aromatic N) is 4. The van der Waals surface area contributed by atoms with E-state index in [0.717, 1.165) is 32.0 Å². The molecule has 30 heavy (non-hydrogen) atoms. The molecule has 1 saturated heterocycles. The Kier molecular flexibility index (Phi) is 6.92. The van der Waals surface area contributed by atoms with E-state index in [1.165, 1.54) is 36.2 Å². The average Bonchev–Trinajstić information content (AvgIpc) is 3.23. The monoisotopic (exact) mass is 403 g/mol. The number of nitrogens with one attached hydrogen (secondary N) is 1. The Morgan fingerprint density at radius 2 is 1.80 bits per heavy atom. The molecule has 0 amide bonds. The SMILES string of the molecule is CC(C)Cc1ccc(CN2CCC[C@H](NCc3cccn3-c3ncccn3)C2)cc1. The highest BCUT2D eigenvalue weighted by Crippen LogP contribution is 2.16. The predicted molar refractivity (Wildman–Crippen MR) is 121 cm³/mol. The minimum absolute atomic E-state index is 0.513. The molecule has 3 aromatic rings. The number of hydrogen-bond acceptors (Lipinski definition) is 4. The van der Waals surface area contributed by atoms with Crippen molar-refractivity contribution in [2.45, 2.75) is 52.2 Å². The van der Waals surface area contributed by atoms with E-state index in [9.17, 15) is 0 Å². The van der Waals surface area contributed by atoms with E-state index in [0.29, 0.717) is 12.0 Å². The van der Waals surface area contributed by atoms with Gasteiger partial charge in [-0.1, -0.05) is 38.1 Å². The Labute approximate surface area is 180 Å². The highest BCUT2D eigenvalue weighted by molar-refractivity contribution is 5.23. The van der Waals surface area contributed by atoms with Gasteiger partial charge in [0.25, 0.3) is 0 Å². The van der Waals surface area contributed by atoms with Crippen LogP contribution in [0.5, 0.6) is 0 Å². The first kappa shape index (κ1) is 20.8. The zero-order valence-corrected chi connectivity index (χ0v) is 18.2. The molecule has 1 aliphatic heterocycles. The van der Waals surface area contributed by atoms with E-state index in [1.54, 1.807) is 12.4 Å². The molecule has 0 spiro atoms. The Morgan fingerprint density at radius 3 is 2.57 bits per heavy atom. The summed E-state index contributed by atoms with van der Waals surface area (Å²) >= 11 is 0. The highest BCUT2D eigenvalue weighted by atomic mass is 15.2. The number of hydrogen-bond donors (Lipinski definition) is 1. The van der Waals surface area contributed by atoms with Crippen LogP contribution in [0.4, 0.5) is 0 Å². The molecule has 0 unspecified atom stereocenters. The maximum Gasteiger partial charge on any atom is 0.233 e. The van der Waals surface area contributed by atoms with Gasteiger partial charge in [0, 0.05) is 50.0 Å². The van der Waals surface area contributed by atoms with Crippen LogP contribution in [0.1, 0.15) is 43.5 Å². The number of piperidine rings is 1. The molecule has 1 fully saturated rings. The summed E-state index contributed by atoms with van der Waals surface area (Å²) in [6.07, 6.45) is 9.23. The molecular formula is C25H33N5. The largest absolute Gasteiger partial charge is 0.307 e. The normalized spacial score (nSPS) is 17.5. The van der Waals surface area contributed by atoms with Crippen LogP contribution in [0.2, 0.25) is 0 Å². The van der Waals surface area contributed by atoms with Crippen molar-refractivity contribution >= 4 is 0 Å². The van der Waals surface area contributed by atoms with Crippen LogP contribution >= 0.6 is 0 Å². The number of aromatic nitrogens is 3. The minimum atomic E-state index is 0.513. The van der Waals surface area contributed by atoms with Crippen molar-refractivity contribution in [3.63, 3.8) is 0 Å². The van der Waals surface area contributed by atoms with E-state index < -0.39 is 0 Å². The van der Waals surface area contributed by atoms with Crippen molar-refractivity contribution in [2.24, 2.45) is 5.92 Å². The third kappa shape index (κ3) is 5.55. The zero-order chi connectivity index (χ0) is 20.8. The average molecular weight is 404 g/mol. The zero-order valence-electron chi connectivity index (χ0n) is 18.2. The molecule has 5 heteroatoms. The summed E-state index contributed by atoms with van der Waals surface area (Å²) < 4.78 is 2.06. The van der Waals surface area contributed by atoms with Gasteiger partial charge in [-0.3, -0.25) is 9.47 Å². The fourth-order valence-corrected chi connectivity index (χ4v) is 4.30. The Bertz CT molecular complexity index is 901. The summed E-state index contributed by atoms with van der Waals surface area (Å²) in [5.74, 6) is 1.44. The van der Waals surface area contributed by atoms with Crippen molar-refractivity contribution in [3.05, 3.63) is 77.9 Å². The summed E-state index contributed by atoms with van der Waals surface area (Å²) in [5, 5.41) is 3.76. The maximum atomic E-state index is 4.37. The van der Waals surface area contributed by atoms with Gasteiger partial charge in [0.05, 0.1) is 0 Å². The second-order valence-electron chi connectivity index (χ2n) is 8.79. The van der Waals surface area contributed by atoms with E-state index >= 15 is 0 Å². The Hall–Kier alpha value is -2.50. The first-order valence-corrected chi connectivity index (χ1v) is 11.1. The van der Waals surface area contributed by atoms with E-state index in [4.69, 9.17) is 0 Å². The van der Waals surface area contributed by atoms with Gasteiger partial charge in [0.15, 0.2) is 0 Å². The first-order valence-electron chi connectivity index (χ1n) is 11.1. The molecule has 1 atom stereocenters. The number of likely N-dealkylation sites (tertiary alicyclic amines) is 1. The van der Waals surface area contributed by atoms with Crippen LogP contribution in [0, 0.1) is 5.92 Å². The van der Waals surface area contributed by atoms with Gasteiger partial charge < -0.3 is 5.32 Å². The quantitative estimate of drug-likeness (QED) is 0.612. The molecule has 2 aromatic heterocycles. The van der Waals surface area contributed by atoms with Crippen LogP contribution in [0.25, 0.3) is 5.95 Å². The molecule has 0 bridgehead atoms. The topological polar surface area (TPSA) is 46.0 Å². The summed E-state index contributed by atoms with van der Waals surface area (Å²) in [5.41, 5.74) is 4.05. The standard InChI is InChI=1S/C25H33N5/c1-20(2)16-21-8-10-22(11-9-21)18-29-14-3-6-23(19-29)28-17-24-7-4-15-30(24)25-26-12-5-13-27-25/h4-5,7-13,15,20,23,28H,3,6,14,16-19H2,1-2H3/t23-/m0/s1. The van der Waals surface area contributed by atoms with Gasteiger partial charge in [-0.15, -0.1) is 0 Å². The lowest BCUT2D eigenvalue weighted by Gasteiger charge is -2.33. The van der Waals surface area contributed by atoms with E-state index in [-0.39, 0.29) is 0 Å². The summed E-state index contributed by atoms with van der Waals surface area (Å²) in [4.78, 5) is 11.3. The number of benzene rings is 1. The van der Waals surface area contributed by atoms with Crippen LogP contribution in [-0.4, -0.2) is 38.6 Å². The molecule has 1 N–H and O–H groups in total. The lowest BCUT2D eigenvalue weighted by molar-refractivity contribution is 0.182. The summed E-state index contributed by atoms with van der Waals surface area (Å²) in [7, 11) is 0. The predicted octanol–water partition coefficient (Wildman–Crippen LogP) is 4.22. The van der Waals surface area contributed by atoms with Crippen LogP contribution in [0.3, 0.4) is 0 Å². The van der Waals surface area contributed by atoms with Gasteiger partial charge in [0.1, 0.15) is 0 Å². The van der Waals surface area contributed by atoms with E-state index in [2.05, 4.69) is 75.0 Å². The van der Waals surface area contributed by atoms with Gasteiger partial charge in [-0.05, 0) is 61.1 Å². The molecule has 0 radical (unpaired) electrons. The fourth-order valence-electron chi connectivity index (χ4n) is 4.30. The van der Waals surface area contributed by atoms with Crippen molar-refractivity contribution in [1.29, 1.82) is 0 Å². The van der Waals surface area contributed by atoms with Crippen LogP contribution < -0.4 is 5.32 Å². The summed E-state index contributed by atoms with van der Waals surface area (Å²) in [6.45, 7) is 8.69. The van der Waals surface area contributed by atoms with Gasteiger partial charge in [-0.2, -0.15) is 0 Å². The van der Waals surface area contributed by atoms with Gasteiger partial charge in [0.2, 0.25) is 5.95 Å². The second-order valence-corrected chi connectivity index (χ2v) is 8.79. The molecule has 158 valence electrons. The van der Waals surface area contributed by atoms with Crippen molar-refractivity contribution < 1.29 is 0 Å². The lowest BCUT2D eigenvalue weighted by atomic mass is 10.0. The first-order chi connectivity index (χ1) is 14.7. The molecule has 0 saturated carbocycles. The summed E-state index contributed by atoms with van der Waals surface area (Å²) in [6, 6.07) is 15.8. The van der Waals surface area contributed by atoms with E-state index in [1.807, 2.05) is 12.3 Å². The third-order valence-electron chi connectivity index (χ3n) is 5.75. The van der Waals surface area contributed by atoms with Crippen molar-refractivity contribution in [2.75, 3.05) is 13.1 Å². The Morgan fingerprint density at radius 1 is 1.03 bits per heavy atom. The van der Waals surface area contributed by atoms with Crippen molar-refractivity contribution in [3.8, 4) is 5.95 Å². The molecule has 1 aliphatic rings. The minimum Gasteiger partial charge on any atom is -0.307 e. The number of rotatable bonds is 8. The van der Waals surface area contributed by atoms with Gasteiger partial charge in [-0.25, -0.2) is 9.97 Å². The lowest BCUT2D eigenvalue weighted by Crippen LogP contribution is -2.45. The maximum absolute atomic E-state index is 4.37. The van der Waals surface area contributed by atoms with Crippen LogP contribution in [-0.2, 0) is 19.5 Å². The molecular weight excluding hydrogens is 370 g/mol. The fraction of sp³-hybridized carbons (Fsp3) is 0.440. The highest BCUT2D eigenvalue weighted by Gasteiger charge is 2.20. The molecule has 5 nitrogen and oxygen atoms in total. The van der Waals surface area contributed by atoms with Gasteiger partial charge >= 0.3 is 0 Å².